The van der Waals surface area contributed by atoms with Crippen molar-refractivity contribution in [2.75, 3.05) is 30.6 Å². The zero-order valence-electron chi connectivity index (χ0n) is 11.9. The summed E-state index contributed by atoms with van der Waals surface area (Å²) < 4.78 is 5.75. The van der Waals surface area contributed by atoms with E-state index < -0.39 is 0 Å². The van der Waals surface area contributed by atoms with Gasteiger partial charge in [0.05, 0.1) is 28.7 Å². The van der Waals surface area contributed by atoms with Crippen molar-refractivity contribution in [3.63, 3.8) is 0 Å². The lowest BCUT2D eigenvalue weighted by Gasteiger charge is -2.19. The van der Waals surface area contributed by atoms with Crippen LogP contribution in [0.3, 0.4) is 0 Å². The fourth-order valence-corrected chi connectivity index (χ4v) is 2.82. The van der Waals surface area contributed by atoms with Gasteiger partial charge < -0.3 is 14.6 Å². The van der Waals surface area contributed by atoms with E-state index in [1.807, 2.05) is 49.3 Å². The van der Waals surface area contributed by atoms with Crippen molar-refractivity contribution in [3.8, 4) is 0 Å². The molecule has 0 aliphatic carbocycles. The highest BCUT2D eigenvalue weighted by atomic mass is 35.5. The molecule has 0 bridgehead atoms. The smallest absolute Gasteiger partial charge is 0.123 e. The second kappa shape index (κ2) is 6.95. The van der Waals surface area contributed by atoms with E-state index in [4.69, 9.17) is 16.0 Å². The maximum Gasteiger partial charge on any atom is 0.123 e. The summed E-state index contributed by atoms with van der Waals surface area (Å²) in [6.07, 6.45) is 2.07. The van der Waals surface area contributed by atoms with Crippen molar-refractivity contribution in [3.05, 3.63) is 46.9 Å². The highest BCUT2D eigenvalue weighted by Crippen LogP contribution is 2.32. The van der Waals surface area contributed by atoms with Crippen molar-refractivity contribution in [1.82, 2.24) is 0 Å². The Morgan fingerprint density at radius 2 is 1.95 bits per heavy atom. The highest BCUT2D eigenvalue weighted by Gasteiger charge is 2.09. The number of nitrogens with one attached hydrogen (secondary N) is 1. The summed E-state index contributed by atoms with van der Waals surface area (Å²) in [5.74, 6) is 2.84. The number of thioether (sulfide) groups is 1. The molecule has 0 radical (unpaired) electrons. The van der Waals surface area contributed by atoms with E-state index in [1.54, 1.807) is 11.8 Å². The minimum Gasteiger partial charge on any atom is -0.463 e. The van der Waals surface area contributed by atoms with Crippen LogP contribution in [0, 0.1) is 0 Å². The van der Waals surface area contributed by atoms with Gasteiger partial charge in [0.1, 0.15) is 11.5 Å². The molecule has 1 aromatic carbocycles. The molecule has 3 nitrogen and oxygen atoms in total. The number of furan rings is 1. The number of halogens is 1. The lowest BCUT2D eigenvalue weighted by atomic mass is 10.2. The van der Waals surface area contributed by atoms with Crippen molar-refractivity contribution in [2.45, 2.75) is 12.3 Å². The number of rotatable bonds is 6. The average molecular weight is 311 g/mol. The average Bonchev–Trinajstić information content (AvgIpc) is 2.84. The van der Waals surface area contributed by atoms with Gasteiger partial charge in [-0.05, 0) is 30.5 Å². The van der Waals surface area contributed by atoms with Crippen molar-refractivity contribution in [1.29, 1.82) is 0 Å². The molecule has 20 heavy (non-hydrogen) atoms. The first kappa shape index (κ1) is 15.1. The monoisotopic (exact) mass is 310 g/mol. The summed E-state index contributed by atoms with van der Waals surface area (Å²) in [5, 5.41) is 4.12. The summed E-state index contributed by atoms with van der Waals surface area (Å²) >= 11 is 8.00. The second-order valence-electron chi connectivity index (χ2n) is 4.69. The number of hydrogen-bond acceptors (Lipinski definition) is 4. The Morgan fingerprint density at radius 1 is 1.20 bits per heavy atom. The Labute approximate surface area is 129 Å². The molecular formula is C15H19ClN2OS. The molecule has 108 valence electrons. The molecule has 0 aliphatic rings. The van der Waals surface area contributed by atoms with Crippen LogP contribution in [0.1, 0.15) is 11.5 Å². The number of anilines is 2. The second-order valence-corrected chi connectivity index (χ2v) is 5.96. The molecule has 0 unspecified atom stereocenters. The zero-order valence-corrected chi connectivity index (χ0v) is 13.5. The number of para-hydroxylation sites is 1. The summed E-state index contributed by atoms with van der Waals surface area (Å²) in [7, 11) is 3.96. The first-order valence-electron chi connectivity index (χ1n) is 6.38. The maximum atomic E-state index is 6.24. The van der Waals surface area contributed by atoms with Gasteiger partial charge in [0.15, 0.2) is 0 Å². The number of benzene rings is 1. The first-order chi connectivity index (χ1) is 9.61. The van der Waals surface area contributed by atoms with Gasteiger partial charge in [-0.25, -0.2) is 0 Å². The molecule has 0 saturated heterocycles. The molecule has 2 aromatic rings. The molecular weight excluding hydrogens is 292 g/mol. The molecule has 0 spiro atoms. The third-order valence-corrected chi connectivity index (χ3v) is 3.77. The lowest BCUT2D eigenvalue weighted by Crippen LogP contribution is -2.12. The van der Waals surface area contributed by atoms with Crippen LogP contribution in [0.4, 0.5) is 11.4 Å². The fourth-order valence-electron chi connectivity index (χ4n) is 2.03. The standard InChI is InChI=1S/C15H19ClN2OS/c1-18(2)15-13(16)5-4-6-14(15)17-9-11-7-8-12(19-11)10-20-3/h4-8,17H,9-10H2,1-3H3. The molecule has 0 saturated carbocycles. The molecule has 1 N–H and O–H groups in total. The van der Waals surface area contributed by atoms with Gasteiger partial charge in [-0.2, -0.15) is 11.8 Å². The normalized spacial score (nSPS) is 10.6. The van der Waals surface area contributed by atoms with Crippen LogP contribution in [-0.2, 0) is 12.3 Å². The topological polar surface area (TPSA) is 28.4 Å². The zero-order chi connectivity index (χ0) is 14.5. The van der Waals surface area contributed by atoms with E-state index in [2.05, 4.69) is 11.6 Å². The Balaban J connectivity index is 2.08. The van der Waals surface area contributed by atoms with Gasteiger partial charge in [-0.3, -0.25) is 0 Å². The van der Waals surface area contributed by atoms with Gasteiger partial charge in [-0.1, -0.05) is 17.7 Å². The Hall–Kier alpha value is -1.26. The highest BCUT2D eigenvalue weighted by molar-refractivity contribution is 7.97. The molecule has 2 rings (SSSR count). The van der Waals surface area contributed by atoms with Crippen molar-refractivity contribution in [2.24, 2.45) is 0 Å². The molecule has 1 aromatic heterocycles. The van der Waals surface area contributed by atoms with E-state index in [0.717, 1.165) is 33.7 Å². The third kappa shape index (κ3) is 3.64. The van der Waals surface area contributed by atoms with Gasteiger partial charge >= 0.3 is 0 Å². The summed E-state index contributed by atoms with van der Waals surface area (Å²) in [5.41, 5.74) is 2.00. The SMILES string of the molecule is CSCc1ccc(CNc2cccc(Cl)c2N(C)C)o1. The Bertz CT molecular complexity index is 569. The van der Waals surface area contributed by atoms with Crippen LogP contribution < -0.4 is 10.2 Å². The minimum absolute atomic E-state index is 0.648. The molecule has 0 amide bonds. The van der Waals surface area contributed by atoms with Crippen LogP contribution in [0.25, 0.3) is 0 Å². The molecule has 0 fully saturated rings. The van der Waals surface area contributed by atoms with E-state index in [1.165, 1.54) is 0 Å². The summed E-state index contributed by atoms with van der Waals surface area (Å²) in [4.78, 5) is 2.01. The molecule has 0 aliphatic heterocycles. The lowest BCUT2D eigenvalue weighted by molar-refractivity contribution is 0.487. The maximum absolute atomic E-state index is 6.24. The molecule has 0 atom stereocenters. The Kier molecular flexibility index (Phi) is 5.26. The predicted octanol–water partition coefficient (Wildman–Crippen LogP) is 4.47. The van der Waals surface area contributed by atoms with Gasteiger partial charge in [-0.15, -0.1) is 0 Å². The van der Waals surface area contributed by atoms with E-state index in [-0.39, 0.29) is 0 Å². The van der Waals surface area contributed by atoms with E-state index in [9.17, 15) is 0 Å². The van der Waals surface area contributed by atoms with Crippen molar-refractivity contribution < 1.29 is 4.42 Å². The van der Waals surface area contributed by atoms with Crippen LogP contribution in [0.5, 0.6) is 0 Å². The fraction of sp³-hybridized carbons (Fsp3) is 0.333. The van der Waals surface area contributed by atoms with E-state index in [0.29, 0.717) is 6.54 Å². The summed E-state index contributed by atoms with van der Waals surface area (Å²) in [6, 6.07) is 9.90. The Morgan fingerprint density at radius 3 is 2.65 bits per heavy atom. The van der Waals surface area contributed by atoms with Gasteiger partial charge in [0.25, 0.3) is 0 Å². The predicted molar refractivity (Wildman–Crippen MR) is 89.0 cm³/mol. The summed E-state index contributed by atoms with van der Waals surface area (Å²) in [6.45, 7) is 0.648. The largest absolute Gasteiger partial charge is 0.463 e. The van der Waals surface area contributed by atoms with E-state index >= 15 is 0 Å². The van der Waals surface area contributed by atoms with Crippen LogP contribution in [0.15, 0.2) is 34.7 Å². The van der Waals surface area contributed by atoms with Crippen LogP contribution in [0.2, 0.25) is 5.02 Å². The van der Waals surface area contributed by atoms with Crippen LogP contribution in [-0.4, -0.2) is 20.4 Å². The minimum atomic E-state index is 0.648. The third-order valence-electron chi connectivity index (χ3n) is 2.89. The number of nitrogens with zero attached hydrogens (tertiary/aromatic N) is 1. The van der Waals surface area contributed by atoms with Crippen molar-refractivity contribution >= 4 is 34.7 Å². The number of hydrogen-bond donors (Lipinski definition) is 1. The first-order valence-corrected chi connectivity index (χ1v) is 8.15. The van der Waals surface area contributed by atoms with Gasteiger partial charge in [0, 0.05) is 14.1 Å². The molecule has 5 heteroatoms. The molecule has 1 heterocycles. The van der Waals surface area contributed by atoms with Crippen LogP contribution >= 0.6 is 23.4 Å². The van der Waals surface area contributed by atoms with Gasteiger partial charge in [0.2, 0.25) is 0 Å². The quantitative estimate of drug-likeness (QED) is 0.852.